The minimum Gasteiger partial charge on any atom is -0.344 e. The molecule has 0 aliphatic heterocycles. The number of anilines is 1. The van der Waals surface area contributed by atoms with Crippen molar-refractivity contribution in [3.05, 3.63) is 16.0 Å². The highest BCUT2D eigenvalue weighted by Gasteiger charge is 2.03. The first-order valence-electron chi connectivity index (χ1n) is 4.93. The van der Waals surface area contributed by atoms with E-state index in [4.69, 9.17) is 0 Å². The molecule has 0 aliphatic rings. The fourth-order valence-corrected chi connectivity index (χ4v) is 1.51. The third-order valence-corrected chi connectivity index (χ3v) is 2.60. The molecule has 0 amide bonds. The number of aromatic nitrogens is 2. The predicted octanol–water partition coefficient (Wildman–Crippen LogP) is 1.47. The number of halogens is 1. The van der Waals surface area contributed by atoms with Crippen LogP contribution in [-0.4, -0.2) is 49.1 Å². The van der Waals surface area contributed by atoms with Gasteiger partial charge < -0.3 is 9.80 Å². The average molecular weight is 320 g/mol. The Morgan fingerprint density at radius 1 is 1.13 bits per heavy atom. The highest BCUT2D eigenvalue weighted by molar-refractivity contribution is 14.1. The second kappa shape index (κ2) is 6.22. The van der Waals surface area contributed by atoms with Gasteiger partial charge in [-0.1, -0.05) is 0 Å². The van der Waals surface area contributed by atoms with Crippen molar-refractivity contribution < 1.29 is 0 Å². The summed E-state index contributed by atoms with van der Waals surface area (Å²) in [6, 6.07) is 0. The van der Waals surface area contributed by atoms with Crippen LogP contribution in [-0.2, 0) is 0 Å². The fourth-order valence-electron chi connectivity index (χ4n) is 1.23. The molecular formula is C10H17IN4. The van der Waals surface area contributed by atoms with Gasteiger partial charge in [0, 0.05) is 29.6 Å². The van der Waals surface area contributed by atoms with Crippen LogP contribution in [0.2, 0.25) is 0 Å². The van der Waals surface area contributed by atoms with Crippen LogP contribution in [0, 0.1) is 3.57 Å². The van der Waals surface area contributed by atoms with E-state index in [1.165, 1.54) is 0 Å². The smallest absolute Gasteiger partial charge is 0.225 e. The SMILES string of the molecule is CN(C)CCCN(C)c1ncc(I)cn1. The molecule has 0 atom stereocenters. The van der Waals surface area contributed by atoms with Gasteiger partial charge in [0.25, 0.3) is 0 Å². The molecule has 0 saturated heterocycles. The number of rotatable bonds is 5. The summed E-state index contributed by atoms with van der Waals surface area (Å²) in [5, 5.41) is 0. The summed E-state index contributed by atoms with van der Waals surface area (Å²) in [5.74, 6) is 0.800. The van der Waals surface area contributed by atoms with Gasteiger partial charge in [0.05, 0.1) is 0 Å². The molecular weight excluding hydrogens is 303 g/mol. The zero-order valence-electron chi connectivity index (χ0n) is 9.44. The minimum atomic E-state index is 0.800. The summed E-state index contributed by atoms with van der Waals surface area (Å²) in [4.78, 5) is 12.8. The Morgan fingerprint density at radius 3 is 2.27 bits per heavy atom. The van der Waals surface area contributed by atoms with E-state index in [0.29, 0.717) is 0 Å². The Bertz CT molecular complexity index is 286. The average Bonchev–Trinajstić information content (AvgIpc) is 2.18. The van der Waals surface area contributed by atoms with E-state index in [9.17, 15) is 0 Å². The molecule has 5 heteroatoms. The molecule has 0 bridgehead atoms. The first-order valence-corrected chi connectivity index (χ1v) is 6.01. The lowest BCUT2D eigenvalue weighted by Crippen LogP contribution is -2.24. The zero-order valence-corrected chi connectivity index (χ0v) is 11.6. The largest absolute Gasteiger partial charge is 0.344 e. The van der Waals surface area contributed by atoms with E-state index < -0.39 is 0 Å². The second-order valence-electron chi connectivity index (χ2n) is 3.78. The van der Waals surface area contributed by atoms with Crippen molar-refractivity contribution in [3.63, 3.8) is 0 Å². The van der Waals surface area contributed by atoms with Crippen molar-refractivity contribution in [2.75, 3.05) is 39.1 Å². The quantitative estimate of drug-likeness (QED) is 0.769. The molecule has 1 aromatic heterocycles. The third kappa shape index (κ3) is 4.74. The molecule has 0 unspecified atom stereocenters. The monoisotopic (exact) mass is 320 g/mol. The fraction of sp³-hybridized carbons (Fsp3) is 0.600. The van der Waals surface area contributed by atoms with Crippen LogP contribution in [0.1, 0.15) is 6.42 Å². The van der Waals surface area contributed by atoms with Crippen LogP contribution in [0.5, 0.6) is 0 Å². The van der Waals surface area contributed by atoms with Crippen molar-refractivity contribution in [2.45, 2.75) is 6.42 Å². The summed E-state index contributed by atoms with van der Waals surface area (Å²) in [6.45, 7) is 2.08. The maximum atomic E-state index is 4.27. The van der Waals surface area contributed by atoms with Crippen molar-refractivity contribution in [1.29, 1.82) is 0 Å². The molecule has 0 aromatic carbocycles. The highest BCUT2D eigenvalue weighted by Crippen LogP contribution is 2.06. The first kappa shape index (κ1) is 12.6. The van der Waals surface area contributed by atoms with E-state index in [-0.39, 0.29) is 0 Å². The Balaban J connectivity index is 2.40. The van der Waals surface area contributed by atoms with Crippen LogP contribution in [0.15, 0.2) is 12.4 Å². The van der Waals surface area contributed by atoms with Crippen LogP contribution in [0.25, 0.3) is 0 Å². The number of nitrogens with zero attached hydrogens (tertiary/aromatic N) is 4. The third-order valence-electron chi connectivity index (χ3n) is 2.05. The van der Waals surface area contributed by atoms with Gasteiger partial charge >= 0.3 is 0 Å². The van der Waals surface area contributed by atoms with E-state index in [0.717, 1.165) is 29.0 Å². The maximum absolute atomic E-state index is 4.27. The summed E-state index contributed by atoms with van der Waals surface area (Å²) >= 11 is 2.21. The van der Waals surface area contributed by atoms with Crippen molar-refractivity contribution in [3.8, 4) is 0 Å². The summed E-state index contributed by atoms with van der Waals surface area (Å²) in [5.41, 5.74) is 0. The second-order valence-corrected chi connectivity index (χ2v) is 5.03. The highest BCUT2D eigenvalue weighted by atomic mass is 127. The maximum Gasteiger partial charge on any atom is 0.225 e. The van der Waals surface area contributed by atoms with Gasteiger partial charge in [-0.3, -0.25) is 0 Å². The minimum absolute atomic E-state index is 0.800. The Hall–Kier alpha value is -0.430. The molecule has 1 aromatic rings. The van der Waals surface area contributed by atoms with Crippen LogP contribution in [0.3, 0.4) is 0 Å². The molecule has 84 valence electrons. The molecule has 0 fully saturated rings. The van der Waals surface area contributed by atoms with Crippen LogP contribution >= 0.6 is 22.6 Å². The standard InChI is InChI=1S/C10H17IN4/c1-14(2)5-4-6-15(3)10-12-7-9(11)8-13-10/h7-8H,4-6H2,1-3H3. The lowest BCUT2D eigenvalue weighted by molar-refractivity contribution is 0.401. The first-order chi connectivity index (χ1) is 7.09. The molecule has 1 heterocycles. The van der Waals surface area contributed by atoms with Crippen molar-refractivity contribution in [2.24, 2.45) is 0 Å². The molecule has 1 rings (SSSR count). The molecule has 0 radical (unpaired) electrons. The van der Waals surface area contributed by atoms with Gasteiger partial charge in [0.15, 0.2) is 0 Å². The molecule has 0 spiro atoms. The lowest BCUT2D eigenvalue weighted by atomic mass is 10.4. The summed E-state index contributed by atoms with van der Waals surface area (Å²) in [6.07, 6.45) is 4.80. The molecule has 0 N–H and O–H groups in total. The van der Waals surface area contributed by atoms with Crippen molar-refractivity contribution in [1.82, 2.24) is 14.9 Å². The Labute approximate surface area is 105 Å². The Morgan fingerprint density at radius 2 is 1.73 bits per heavy atom. The lowest BCUT2D eigenvalue weighted by Gasteiger charge is -2.18. The predicted molar refractivity (Wildman–Crippen MR) is 71.2 cm³/mol. The summed E-state index contributed by atoms with van der Waals surface area (Å²) < 4.78 is 1.07. The molecule has 4 nitrogen and oxygen atoms in total. The van der Waals surface area contributed by atoms with E-state index in [2.05, 4.69) is 56.5 Å². The molecule has 0 aliphatic carbocycles. The van der Waals surface area contributed by atoms with E-state index in [1.807, 2.05) is 19.4 Å². The number of hydrogen-bond donors (Lipinski definition) is 0. The van der Waals surface area contributed by atoms with Gasteiger partial charge in [-0.25, -0.2) is 9.97 Å². The Kier molecular flexibility index (Phi) is 5.24. The normalized spacial score (nSPS) is 10.7. The van der Waals surface area contributed by atoms with Gasteiger partial charge in [-0.15, -0.1) is 0 Å². The van der Waals surface area contributed by atoms with Crippen LogP contribution < -0.4 is 4.90 Å². The van der Waals surface area contributed by atoms with Gasteiger partial charge in [-0.05, 0) is 49.7 Å². The number of hydrogen-bond acceptors (Lipinski definition) is 4. The summed E-state index contributed by atoms with van der Waals surface area (Å²) in [7, 11) is 6.20. The van der Waals surface area contributed by atoms with Crippen molar-refractivity contribution >= 4 is 28.5 Å². The van der Waals surface area contributed by atoms with Gasteiger partial charge in [0.1, 0.15) is 0 Å². The molecule has 15 heavy (non-hydrogen) atoms. The van der Waals surface area contributed by atoms with Gasteiger partial charge in [0.2, 0.25) is 5.95 Å². The van der Waals surface area contributed by atoms with E-state index >= 15 is 0 Å². The molecule has 0 saturated carbocycles. The van der Waals surface area contributed by atoms with E-state index in [1.54, 1.807) is 0 Å². The van der Waals surface area contributed by atoms with Crippen LogP contribution in [0.4, 0.5) is 5.95 Å². The topological polar surface area (TPSA) is 32.3 Å². The zero-order chi connectivity index (χ0) is 11.3. The van der Waals surface area contributed by atoms with Gasteiger partial charge in [-0.2, -0.15) is 0 Å².